The van der Waals surface area contributed by atoms with Crippen molar-refractivity contribution in [3.8, 4) is 0 Å². The summed E-state index contributed by atoms with van der Waals surface area (Å²) in [5.74, 6) is -1.15. The van der Waals surface area contributed by atoms with Crippen LogP contribution in [0.25, 0.3) is 0 Å². The second kappa shape index (κ2) is 8.76. The molecule has 1 aliphatic heterocycles. The van der Waals surface area contributed by atoms with Crippen LogP contribution in [-0.4, -0.2) is 45.8 Å². The Hall–Kier alpha value is -3.16. The molecule has 2 heterocycles. The van der Waals surface area contributed by atoms with E-state index in [1.54, 1.807) is 18.7 Å². The van der Waals surface area contributed by atoms with Gasteiger partial charge in [0.2, 0.25) is 5.91 Å². The molecule has 2 aromatic rings. The number of amides is 2. The Labute approximate surface area is 187 Å². The number of carbonyl (C=O) groups is 3. The van der Waals surface area contributed by atoms with Gasteiger partial charge in [0.25, 0.3) is 5.91 Å². The molecule has 0 bridgehead atoms. The maximum absolute atomic E-state index is 13.8. The van der Waals surface area contributed by atoms with Gasteiger partial charge in [-0.15, -0.1) is 0 Å². The highest BCUT2D eigenvalue weighted by molar-refractivity contribution is 6.12. The highest BCUT2D eigenvalue weighted by Crippen LogP contribution is 2.35. The fourth-order valence-corrected chi connectivity index (χ4v) is 4.70. The van der Waals surface area contributed by atoms with E-state index >= 15 is 0 Å². The van der Waals surface area contributed by atoms with Crippen molar-refractivity contribution in [2.45, 2.75) is 71.0 Å². The first-order chi connectivity index (χ1) is 15.4. The standard InChI is InChI=1S/C24H30N4O4/c1-4-16-10-6-9-13-19(16)28-21(29)20-14-18(22(30)32-5-2)26-27(20)15-24(28,3)23(31)25-17-11-7-8-12-17/h6,9-10,13-14,17H,4-5,7-8,11-12,15H2,1-3H3,(H,25,31). The molecule has 0 spiro atoms. The topological polar surface area (TPSA) is 93.5 Å². The lowest BCUT2D eigenvalue weighted by Crippen LogP contribution is -2.65. The number of hydrogen-bond donors (Lipinski definition) is 1. The van der Waals surface area contributed by atoms with Crippen molar-refractivity contribution < 1.29 is 19.1 Å². The molecule has 0 saturated heterocycles. The maximum Gasteiger partial charge on any atom is 0.358 e. The lowest BCUT2D eigenvalue weighted by atomic mass is 9.92. The monoisotopic (exact) mass is 438 g/mol. The van der Waals surface area contributed by atoms with Gasteiger partial charge in [-0.05, 0) is 44.7 Å². The van der Waals surface area contributed by atoms with E-state index in [1.165, 1.54) is 10.7 Å². The van der Waals surface area contributed by atoms with Crippen molar-refractivity contribution in [3.63, 3.8) is 0 Å². The van der Waals surface area contributed by atoms with Gasteiger partial charge in [0.1, 0.15) is 11.2 Å². The number of fused-ring (bicyclic) bond motifs is 1. The molecular weight excluding hydrogens is 408 g/mol. The number of carbonyl (C=O) groups excluding carboxylic acids is 3. The normalized spacial score (nSPS) is 20.8. The van der Waals surface area contributed by atoms with E-state index < -0.39 is 11.5 Å². The Morgan fingerprint density at radius 3 is 2.62 bits per heavy atom. The smallest absolute Gasteiger partial charge is 0.358 e. The fraction of sp³-hybridized carbons (Fsp3) is 0.500. The lowest BCUT2D eigenvalue weighted by Gasteiger charge is -2.44. The molecule has 2 aliphatic rings. The van der Waals surface area contributed by atoms with Gasteiger partial charge in [0.05, 0.1) is 13.2 Å². The number of rotatable bonds is 6. The predicted molar refractivity (Wildman–Crippen MR) is 120 cm³/mol. The van der Waals surface area contributed by atoms with E-state index in [0.717, 1.165) is 31.2 Å². The molecule has 1 saturated carbocycles. The van der Waals surface area contributed by atoms with E-state index in [4.69, 9.17) is 4.74 Å². The predicted octanol–water partition coefficient (Wildman–Crippen LogP) is 3.10. The van der Waals surface area contributed by atoms with Gasteiger partial charge in [-0.1, -0.05) is 38.0 Å². The minimum atomic E-state index is -1.20. The SMILES string of the molecule is CCOC(=O)c1cc2n(n1)CC(C)(C(=O)NC1CCCC1)N(c1ccccc1CC)C2=O. The molecule has 1 atom stereocenters. The summed E-state index contributed by atoms with van der Waals surface area (Å²) in [7, 11) is 0. The summed E-state index contributed by atoms with van der Waals surface area (Å²) in [6.07, 6.45) is 4.79. The molecule has 1 aromatic heterocycles. The molecule has 1 N–H and O–H groups in total. The van der Waals surface area contributed by atoms with Crippen molar-refractivity contribution >= 4 is 23.5 Å². The second-order valence-corrected chi connectivity index (χ2v) is 8.64. The van der Waals surface area contributed by atoms with Gasteiger partial charge >= 0.3 is 5.97 Å². The molecule has 170 valence electrons. The van der Waals surface area contributed by atoms with Crippen molar-refractivity contribution in [3.05, 3.63) is 47.3 Å². The van der Waals surface area contributed by atoms with Crippen LogP contribution in [0.2, 0.25) is 0 Å². The molecule has 4 rings (SSSR count). The summed E-state index contributed by atoms with van der Waals surface area (Å²) in [6.45, 7) is 5.87. The summed E-state index contributed by atoms with van der Waals surface area (Å²) in [5, 5.41) is 7.48. The highest BCUT2D eigenvalue weighted by atomic mass is 16.5. The average Bonchev–Trinajstić information content (AvgIpc) is 3.44. The van der Waals surface area contributed by atoms with Gasteiger partial charge in [-0.3, -0.25) is 19.2 Å². The first-order valence-electron chi connectivity index (χ1n) is 11.4. The number of esters is 1. The van der Waals surface area contributed by atoms with Crippen LogP contribution in [0.15, 0.2) is 30.3 Å². The highest BCUT2D eigenvalue weighted by Gasteiger charge is 2.50. The Morgan fingerprint density at radius 2 is 1.94 bits per heavy atom. The summed E-state index contributed by atoms with van der Waals surface area (Å²) in [4.78, 5) is 41.2. The summed E-state index contributed by atoms with van der Waals surface area (Å²) < 4.78 is 6.52. The van der Waals surface area contributed by atoms with Crippen LogP contribution in [0.3, 0.4) is 0 Å². The number of anilines is 1. The summed E-state index contributed by atoms with van der Waals surface area (Å²) in [5.41, 5.74) is 0.814. The number of aromatic nitrogens is 2. The molecule has 1 aromatic carbocycles. The van der Waals surface area contributed by atoms with Gasteiger partial charge in [0, 0.05) is 17.8 Å². The van der Waals surface area contributed by atoms with Gasteiger partial charge in [-0.25, -0.2) is 4.79 Å². The summed E-state index contributed by atoms with van der Waals surface area (Å²) in [6, 6.07) is 9.20. The molecule has 8 nitrogen and oxygen atoms in total. The first-order valence-corrected chi connectivity index (χ1v) is 11.4. The molecule has 1 aliphatic carbocycles. The number of benzene rings is 1. The Kier molecular flexibility index (Phi) is 6.04. The maximum atomic E-state index is 13.8. The van der Waals surface area contributed by atoms with Crippen molar-refractivity contribution in [2.24, 2.45) is 0 Å². The fourth-order valence-electron chi connectivity index (χ4n) is 4.70. The van der Waals surface area contributed by atoms with Crippen molar-refractivity contribution in [1.29, 1.82) is 0 Å². The van der Waals surface area contributed by atoms with E-state index in [2.05, 4.69) is 10.4 Å². The lowest BCUT2D eigenvalue weighted by molar-refractivity contribution is -0.127. The number of ether oxygens (including phenoxy) is 1. The van der Waals surface area contributed by atoms with Crippen molar-refractivity contribution in [1.82, 2.24) is 15.1 Å². The molecule has 0 radical (unpaired) electrons. The molecular formula is C24H30N4O4. The zero-order valence-corrected chi connectivity index (χ0v) is 18.9. The Balaban J connectivity index is 1.79. The number of hydrogen-bond acceptors (Lipinski definition) is 5. The third-order valence-corrected chi connectivity index (χ3v) is 6.43. The second-order valence-electron chi connectivity index (χ2n) is 8.64. The average molecular weight is 439 g/mol. The molecule has 2 amide bonds. The number of para-hydroxylation sites is 1. The zero-order chi connectivity index (χ0) is 22.9. The number of aryl methyl sites for hydroxylation is 1. The van der Waals surface area contributed by atoms with Crippen LogP contribution in [0.1, 0.15) is 73.0 Å². The minimum Gasteiger partial charge on any atom is -0.461 e. The third kappa shape index (κ3) is 3.78. The largest absolute Gasteiger partial charge is 0.461 e. The zero-order valence-electron chi connectivity index (χ0n) is 18.9. The van der Waals surface area contributed by atoms with Crippen LogP contribution in [0.4, 0.5) is 5.69 Å². The minimum absolute atomic E-state index is 0.0689. The van der Waals surface area contributed by atoms with Gasteiger partial charge in [-0.2, -0.15) is 5.10 Å². The molecule has 8 heteroatoms. The number of nitrogens with one attached hydrogen (secondary N) is 1. The number of nitrogens with zero attached hydrogens (tertiary/aromatic N) is 3. The molecule has 1 fully saturated rings. The van der Waals surface area contributed by atoms with Crippen LogP contribution < -0.4 is 10.2 Å². The van der Waals surface area contributed by atoms with Crippen LogP contribution in [0.5, 0.6) is 0 Å². The van der Waals surface area contributed by atoms with Crippen LogP contribution >= 0.6 is 0 Å². The van der Waals surface area contributed by atoms with Gasteiger partial charge in [0.15, 0.2) is 5.69 Å². The Morgan fingerprint density at radius 1 is 1.22 bits per heavy atom. The van der Waals surface area contributed by atoms with E-state index in [-0.39, 0.29) is 42.4 Å². The Bertz CT molecular complexity index is 1040. The van der Waals surface area contributed by atoms with E-state index in [1.807, 2.05) is 31.2 Å². The molecule has 1 unspecified atom stereocenters. The quantitative estimate of drug-likeness (QED) is 0.700. The summed E-state index contributed by atoms with van der Waals surface area (Å²) >= 11 is 0. The van der Waals surface area contributed by atoms with Crippen LogP contribution in [-0.2, 0) is 22.5 Å². The van der Waals surface area contributed by atoms with E-state index in [0.29, 0.717) is 12.1 Å². The first kappa shape index (κ1) is 22.0. The third-order valence-electron chi connectivity index (χ3n) is 6.43. The van der Waals surface area contributed by atoms with Gasteiger partial charge < -0.3 is 10.1 Å². The van der Waals surface area contributed by atoms with Crippen LogP contribution in [0, 0.1) is 0 Å². The molecule has 32 heavy (non-hydrogen) atoms. The van der Waals surface area contributed by atoms with Crippen molar-refractivity contribution in [2.75, 3.05) is 11.5 Å². The van der Waals surface area contributed by atoms with E-state index in [9.17, 15) is 14.4 Å².